The number of carbonyl (C=O) groups is 1. The Bertz CT molecular complexity index is 881. The minimum atomic E-state index is -0.371. The van der Waals surface area contributed by atoms with E-state index in [2.05, 4.69) is 4.99 Å². The zero-order valence-electron chi connectivity index (χ0n) is 14.4. The number of rotatable bonds is 4. The molecule has 1 heterocycles. The molecule has 0 aromatic heterocycles. The number of benzodiazepines with no additional fused rings is 1. The number of hydrogen-bond donors (Lipinski definition) is 0. The average Bonchev–Trinajstić information content (AvgIpc) is 2.79. The van der Waals surface area contributed by atoms with Crippen LogP contribution < -0.4 is 9.64 Å². The largest absolute Gasteiger partial charge is 0.497 e. The molecular formula is C19H17ClN2O3S. The second-order valence-corrected chi connectivity index (χ2v) is 6.52. The van der Waals surface area contributed by atoms with E-state index in [1.807, 2.05) is 42.5 Å². The average molecular weight is 389 g/mol. The Labute approximate surface area is 162 Å². The third-order valence-electron chi connectivity index (χ3n) is 4.06. The van der Waals surface area contributed by atoms with Crippen molar-refractivity contribution in [2.75, 3.05) is 32.2 Å². The number of aliphatic imine (C=N–C) groups is 1. The monoisotopic (exact) mass is 388 g/mol. The Hall–Kier alpha value is -2.44. The molecule has 0 fully saturated rings. The molecule has 0 bridgehead atoms. The first-order chi connectivity index (χ1) is 12.5. The number of nitrogens with zero attached hydrogens (tertiary/aromatic N) is 2. The number of anilines is 1. The third-order valence-corrected chi connectivity index (χ3v) is 4.66. The second-order valence-electron chi connectivity index (χ2n) is 5.61. The summed E-state index contributed by atoms with van der Waals surface area (Å²) in [6, 6.07) is 13.0. The normalized spacial score (nSPS) is 13.6. The maximum Gasteiger partial charge on any atom is 0.325 e. The van der Waals surface area contributed by atoms with Gasteiger partial charge in [-0.1, -0.05) is 36.0 Å². The second kappa shape index (κ2) is 7.85. The summed E-state index contributed by atoms with van der Waals surface area (Å²) in [7, 11) is 2.96. The smallest absolute Gasteiger partial charge is 0.325 e. The molecule has 0 atom stereocenters. The van der Waals surface area contributed by atoms with Crippen LogP contribution in [0.3, 0.4) is 0 Å². The number of carbonyl (C=O) groups excluding carboxylic acids is 1. The third kappa shape index (κ3) is 3.71. The molecular weight excluding hydrogens is 372 g/mol. The highest BCUT2D eigenvalue weighted by atomic mass is 35.5. The van der Waals surface area contributed by atoms with Gasteiger partial charge in [0.05, 0.1) is 32.2 Å². The fraction of sp³-hybridized carbons (Fsp3) is 0.211. The summed E-state index contributed by atoms with van der Waals surface area (Å²) in [5.74, 6) is 0.320. The van der Waals surface area contributed by atoms with E-state index < -0.39 is 0 Å². The summed E-state index contributed by atoms with van der Waals surface area (Å²) < 4.78 is 10.2. The lowest BCUT2D eigenvalue weighted by Crippen LogP contribution is -2.36. The van der Waals surface area contributed by atoms with Gasteiger partial charge in [-0.15, -0.1) is 0 Å². The predicted octanol–water partition coefficient (Wildman–Crippen LogP) is 3.51. The van der Waals surface area contributed by atoms with E-state index in [1.54, 1.807) is 12.0 Å². The first kappa shape index (κ1) is 18.4. The molecule has 0 saturated carbocycles. The van der Waals surface area contributed by atoms with Crippen molar-refractivity contribution in [1.29, 1.82) is 0 Å². The zero-order valence-corrected chi connectivity index (χ0v) is 15.9. The van der Waals surface area contributed by atoms with Crippen LogP contribution in [-0.4, -0.2) is 44.0 Å². The van der Waals surface area contributed by atoms with Crippen LogP contribution in [0.25, 0.3) is 0 Å². The molecule has 0 aliphatic carbocycles. The van der Waals surface area contributed by atoms with Crippen LogP contribution in [0.5, 0.6) is 5.75 Å². The lowest BCUT2D eigenvalue weighted by Gasteiger charge is -2.24. The molecule has 0 spiro atoms. The molecule has 0 radical (unpaired) electrons. The zero-order chi connectivity index (χ0) is 18.7. The highest BCUT2D eigenvalue weighted by molar-refractivity contribution is 7.80. The summed E-state index contributed by atoms with van der Waals surface area (Å²) in [4.78, 5) is 18.8. The summed E-state index contributed by atoms with van der Waals surface area (Å²) >= 11 is 11.5. The minimum absolute atomic E-state index is 0.0259. The van der Waals surface area contributed by atoms with Crippen molar-refractivity contribution in [3.05, 3.63) is 58.6 Å². The quantitative estimate of drug-likeness (QED) is 0.592. The van der Waals surface area contributed by atoms with E-state index in [9.17, 15) is 4.79 Å². The van der Waals surface area contributed by atoms with E-state index in [1.165, 1.54) is 7.11 Å². The van der Waals surface area contributed by atoms with Gasteiger partial charge in [-0.3, -0.25) is 9.79 Å². The number of halogens is 1. The molecule has 26 heavy (non-hydrogen) atoms. The van der Waals surface area contributed by atoms with Crippen LogP contribution in [0.4, 0.5) is 5.69 Å². The van der Waals surface area contributed by atoms with E-state index in [0.717, 1.165) is 22.5 Å². The topological polar surface area (TPSA) is 51.1 Å². The van der Waals surface area contributed by atoms with Gasteiger partial charge in [0.25, 0.3) is 0 Å². The van der Waals surface area contributed by atoms with Gasteiger partial charge in [0.15, 0.2) is 0 Å². The molecule has 1 aliphatic rings. The van der Waals surface area contributed by atoms with Crippen LogP contribution in [0, 0.1) is 0 Å². The van der Waals surface area contributed by atoms with Crippen molar-refractivity contribution in [2.45, 2.75) is 0 Å². The van der Waals surface area contributed by atoms with Crippen LogP contribution in [0.2, 0.25) is 5.02 Å². The van der Waals surface area contributed by atoms with Gasteiger partial charge in [-0.2, -0.15) is 0 Å². The molecule has 3 rings (SSSR count). The van der Waals surface area contributed by atoms with Crippen LogP contribution in [-0.2, 0) is 9.53 Å². The standard InChI is InChI=1S/C19H17ClN2O3S/c1-24-14-7-8-16-15(9-14)19(12-3-5-13(20)6-4-12)21-10-17(26)22(16)11-18(23)25-2/h3-9H,10-11H2,1-2H3. The van der Waals surface area contributed by atoms with Gasteiger partial charge in [0, 0.05) is 16.1 Å². The molecule has 0 N–H and O–H groups in total. The Morgan fingerprint density at radius 2 is 1.96 bits per heavy atom. The molecule has 0 unspecified atom stereocenters. The van der Waals surface area contributed by atoms with E-state index in [4.69, 9.17) is 33.3 Å². The van der Waals surface area contributed by atoms with Crippen LogP contribution in [0.15, 0.2) is 47.5 Å². The number of esters is 1. The number of methoxy groups -OCH3 is 2. The number of benzene rings is 2. The molecule has 5 nitrogen and oxygen atoms in total. The predicted molar refractivity (Wildman–Crippen MR) is 107 cm³/mol. The first-order valence-corrected chi connectivity index (χ1v) is 8.68. The highest BCUT2D eigenvalue weighted by Gasteiger charge is 2.25. The van der Waals surface area contributed by atoms with Crippen molar-refractivity contribution < 1.29 is 14.3 Å². The molecule has 0 amide bonds. The molecule has 1 aliphatic heterocycles. The summed E-state index contributed by atoms with van der Waals surface area (Å²) in [6.07, 6.45) is 0. The number of thiocarbonyl (C=S) groups is 1. The minimum Gasteiger partial charge on any atom is -0.497 e. The summed E-state index contributed by atoms with van der Waals surface area (Å²) in [5.41, 5.74) is 3.29. The lowest BCUT2D eigenvalue weighted by molar-refractivity contribution is -0.138. The van der Waals surface area contributed by atoms with Gasteiger partial charge >= 0.3 is 5.97 Å². The van der Waals surface area contributed by atoms with Crippen molar-refractivity contribution in [3.63, 3.8) is 0 Å². The Balaban J connectivity index is 2.15. The lowest BCUT2D eigenvalue weighted by atomic mass is 10.00. The fourth-order valence-corrected chi connectivity index (χ4v) is 3.09. The van der Waals surface area contributed by atoms with Gasteiger partial charge in [-0.05, 0) is 30.3 Å². The maximum atomic E-state index is 11.9. The Morgan fingerprint density at radius 3 is 2.62 bits per heavy atom. The molecule has 134 valence electrons. The summed E-state index contributed by atoms with van der Waals surface area (Å²) in [6.45, 7) is 0.319. The van der Waals surface area contributed by atoms with Crippen molar-refractivity contribution >= 4 is 46.2 Å². The molecule has 2 aromatic rings. The number of fused-ring (bicyclic) bond motifs is 1. The van der Waals surface area contributed by atoms with Gasteiger partial charge in [0.1, 0.15) is 17.3 Å². The number of hydrogen-bond acceptors (Lipinski definition) is 5. The van der Waals surface area contributed by atoms with Crippen molar-refractivity contribution in [3.8, 4) is 5.75 Å². The fourth-order valence-electron chi connectivity index (χ4n) is 2.74. The van der Waals surface area contributed by atoms with E-state index in [0.29, 0.717) is 22.3 Å². The molecule has 0 saturated heterocycles. The molecule has 2 aromatic carbocycles. The first-order valence-electron chi connectivity index (χ1n) is 7.89. The van der Waals surface area contributed by atoms with Gasteiger partial charge < -0.3 is 14.4 Å². The Morgan fingerprint density at radius 1 is 1.23 bits per heavy atom. The Kier molecular flexibility index (Phi) is 5.54. The summed E-state index contributed by atoms with van der Waals surface area (Å²) in [5, 5.41) is 0.650. The maximum absolute atomic E-state index is 11.9. The SMILES string of the molecule is COC(=O)CN1C(=S)CN=C(c2ccc(Cl)cc2)c2cc(OC)ccc21. The number of ether oxygens (including phenoxy) is 2. The highest BCUT2D eigenvalue weighted by Crippen LogP contribution is 2.31. The van der Waals surface area contributed by atoms with E-state index >= 15 is 0 Å². The van der Waals surface area contributed by atoms with E-state index in [-0.39, 0.29) is 12.5 Å². The molecule has 7 heteroatoms. The van der Waals surface area contributed by atoms with Crippen molar-refractivity contribution in [1.82, 2.24) is 0 Å². The van der Waals surface area contributed by atoms with Crippen LogP contribution >= 0.6 is 23.8 Å². The van der Waals surface area contributed by atoms with Gasteiger partial charge in [-0.25, -0.2) is 0 Å². The van der Waals surface area contributed by atoms with Crippen LogP contribution in [0.1, 0.15) is 11.1 Å². The van der Waals surface area contributed by atoms with Crippen molar-refractivity contribution in [2.24, 2.45) is 4.99 Å². The van der Waals surface area contributed by atoms with Gasteiger partial charge in [0.2, 0.25) is 0 Å².